The third-order valence-corrected chi connectivity index (χ3v) is 14.3. The van der Waals surface area contributed by atoms with Crippen LogP contribution in [0, 0.1) is 0 Å². The van der Waals surface area contributed by atoms with E-state index in [0.29, 0.717) is 0 Å². The van der Waals surface area contributed by atoms with Crippen LogP contribution in [-0.4, -0.2) is 11.4 Å². The second kappa shape index (κ2) is 12.2. The first kappa shape index (κ1) is 36.1. The fourth-order valence-corrected chi connectivity index (χ4v) is 11.2. The van der Waals surface area contributed by atoms with Gasteiger partial charge in [0.25, 0.3) is 0 Å². The number of fused-ring (bicyclic) bond motifs is 17. The third kappa shape index (κ3) is 4.70. The van der Waals surface area contributed by atoms with Gasteiger partial charge in [0.1, 0.15) is 27.9 Å². The summed E-state index contributed by atoms with van der Waals surface area (Å²) in [6, 6.07) is 53.3. The Morgan fingerprint density at radius 2 is 1.20 bits per heavy atom. The molecular formula is C58H43BN2O3. The van der Waals surface area contributed by atoms with E-state index >= 15 is 0 Å². The normalized spacial score (nSPS) is 13.7. The number of rotatable bonds is 2. The number of nitrogens with zero attached hydrogens (tertiary/aromatic N) is 2. The van der Waals surface area contributed by atoms with Gasteiger partial charge in [-0.15, -0.1) is 0 Å². The molecule has 0 saturated carbocycles. The molecule has 2 aliphatic heterocycles. The molecule has 6 heterocycles. The highest BCUT2D eigenvalue weighted by molar-refractivity contribution is 6.94. The summed E-state index contributed by atoms with van der Waals surface area (Å²) in [7, 11) is 0. The van der Waals surface area contributed by atoms with Gasteiger partial charge >= 0.3 is 6.85 Å². The molecule has 0 radical (unpaired) electrons. The number of aromatic nitrogens is 1. The van der Waals surface area contributed by atoms with Gasteiger partial charge in [-0.1, -0.05) is 126 Å². The molecular weight excluding hydrogens is 783 g/mol. The standard InChI is InChI=1S/C58H43BN2O3/c1-57(2,3)33-20-23-35(24-21-33)61-45-30-50-38(36-16-10-12-18-47(36)63-50)27-41(45)53-54-55-51(52-37-17-11-13-19-48(37)64-56(52)53)40-26-34(58(4,5)6)22-25-44(40)60(55)46-28-39-42(32-14-8-7-9-15-32)31-62-49(39)29-43(46)59(54)61/h7-31H,1-6H3. The summed E-state index contributed by atoms with van der Waals surface area (Å²) >= 11 is 0. The molecule has 6 heteroatoms. The maximum Gasteiger partial charge on any atom is 0.333 e. The van der Waals surface area contributed by atoms with Crippen LogP contribution in [-0.2, 0) is 10.8 Å². The van der Waals surface area contributed by atoms with Crippen molar-refractivity contribution in [3.8, 4) is 27.9 Å². The lowest BCUT2D eigenvalue weighted by Gasteiger charge is -2.42. The van der Waals surface area contributed by atoms with Crippen LogP contribution < -0.4 is 15.7 Å². The van der Waals surface area contributed by atoms with Crippen LogP contribution in [0.3, 0.4) is 0 Å². The average molecular weight is 827 g/mol. The zero-order valence-electron chi connectivity index (χ0n) is 36.6. The lowest BCUT2D eigenvalue weighted by molar-refractivity contribution is 0.590. The third-order valence-electron chi connectivity index (χ3n) is 14.3. The number of benzene rings is 8. The van der Waals surface area contributed by atoms with Crippen LogP contribution in [0.2, 0.25) is 0 Å². The average Bonchev–Trinajstić information content (AvgIpc) is 4.07. The van der Waals surface area contributed by atoms with Crippen molar-refractivity contribution in [3.05, 3.63) is 163 Å². The second-order valence-corrected chi connectivity index (χ2v) is 20.1. The zero-order chi connectivity index (χ0) is 43.0. The highest BCUT2D eigenvalue weighted by Gasteiger charge is 2.47. The first-order chi connectivity index (χ1) is 31.0. The summed E-state index contributed by atoms with van der Waals surface area (Å²) in [6.07, 6.45) is 1.93. The Morgan fingerprint density at radius 1 is 0.500 bits per heavy atom. The lowest BCUT2D eigenvalue weighted by atomic mass is 9.43. The summed E-state index contributed by atoms with van der Waals surface area (Å²) in [4.78, 5) is 2.57. The molecule has 8 aromatic carbocycles. The number of hydrogen-bond acceptors (Lipinski definition) is 4. The number of anilines is 2. The van der Waals surface area contributed by atoms with Gasteiger partial charge in [-0.25, -0.2) is 0 Å². The molecule has 12 aromatic rings. The predicted octanol–water partition coefficient (Wildman–Crippen LogP) is 14.8. The van der Waals surface area contributed by atoms with Gasteiger partial charge in [-0.3, -0.25) is 0 Å². The largest absolute Gasteiger partial charge is 0.464 e. The molecule has 0 N–H and O–H groups in total. The monoisotopic (exact) mass is 826 g/mol. The van der Waals surface area contributed by atoms with E-state index in [1.165, 1.54) is 43.9 Å². The second-order valence-electron chi connectivity index (χ2n) is 20.1. The molecule has 2 aliphatic rings. The fraction of sp³-hybridized carbons (Fsp3) is 0.138. The van der Waals surface area contributed by atoms with E-state index in [1.54, 1.807) is 0 Å². The van der Waals surface area contributed by atoms with Crippen LogP contribution in [0.15, 0.2) is 165 Å². The fourth-order valence-electron chi connectivity index (χ4n) is 11.2. The Morgan fingerprint density at radius 3 is 1.97 bits per heavy atom. The van der Waals surface area contributed by atoms with E-state index in [-0.39, 0.29) is 17.7 Å². The number of furan rings is 3. The lowest BCUT2D eigenvalue weighted by Crippen LogP contribution is -2.60. The first-order valence-corrected chi connectivity index (χ1v) is 22.4. The molecule has 0 spiro atoms. The summed E-state index contributed by atoms with van der Waals surface area (Å²) in [6.45, 7) is 13.5. The highest BCUT2D eigenvalue weighted by Crippen LogP contribution is 2.53. The smallest absolute Gasteiger partial charge is 0.333 e. The zero-order valence-corrected chi connectivity index (χ0v) is 36.6. The van der Waals surface area contributed by atoms with Gasteiger partial charge in [0.15, 0.2) is 0 Å². The number of hydrogen-bond donors (Lipinski definition) is 0. The molecule has 0 bridgehead atoms. The van der Waals surface area contributed by atoms with Gasteiger partial charge in [-0.2, -0.15) is 0 Å². The van der Waals surface area contributed by atoms with Crippen molar-refractivity contribution in [2.45, 2.75) is 52.4 Å². The Bertz CT molecular complexity index is 3980. The minimum absolute atomic E-state index is 0.00389. The van der Waals surface area contributed by atoms with E-state index < -0.39 is 0 Å². The van der Waals surface area contributed by atoms with Crippen LogP contribution in [0.25, 0.3) is 105 Å². The van der Waals surface area contributed by atoms with Gasteiger partial charge < -0.3 is 22.6 Å². The Hall–Kier alpha value is -7.44. The van der Waals surface area contributed by atoms with Crippen molar-refractivity contribution in [1.29, 1.82) is 0 Å². The summed E-state index contributed by atoms with van der Waals surface area (Å²) in [5, 5.41) is 8.01. The summed E-state index contributed by atoms with van der Waals surface area (Å²) in [5.41, 5.74) is 19.5. The molecule has 0 saturated heterocycles. The van der Waals surface area contributed by atoms with E-state index in [1.807, 2.05) is 6.26 Å². The quantitative estimate of drug-likeness (QED) is 0.163. The van der Waals surface area contributed by atoms with Crippen LogP contribution in [0.1, 0.15) is 52.7 Å². The van der Waals surface area contributed by atoms with Crippen LogP contribution >= 0.6 is 0 Å². The van der Waals surface area contributed by atoms with E-state index in [2.05, 4.69) is 197 Å². The van der Waals surface area contributed by atoms with E-state index in [4.69, 9.17) is 13.3 Å². The highest BCUT2D eigenvalue weighted by atomic mass is 16.3. The molecule has 5 nitrogen and oxygen atoms in total. The Labute approximate surface area is 370 Å². The van der Waals surface area contributed by atoms with Crippen LogP contribution in [0.5, 0.6) is 0 Å². The maximum atomic E-state index is 7.26. The van der Waals surface area contributed by atoms with Crippen molar-refractivity contribution in [2.24, 2.45) is 0 Å². The Balaban J connectivity index is 1.22. The van der Waals surface area contributed by atoms with Crippen molar-refractivity contribution < 1.29 is 13.3 Å². The molecule has 0 atom stereocenters. The van der Waals surface area contributed by atoms with Crippen molar-refractivity contribution >= 4 is 106 Å². The predicted molar refractivity (Wildman–Crippen MR) is 267 cm³/mol. The molecule has 0 aliphatic carbocycles. The Kier molecular flexibility index (Phi) is 6.87. The molecule has 0 unspecified atom stereocenters. The first-order valence-electron chi connectivity index (χ1n) is 22.4. The summed E-state index contributed by atoms with van der Waals surface area (Å²) in [5.74, 6) is 0. The molecule has 0 fully saturated rings. The summed E-state index contributed by atoms with van der Waals surface area (Å²) < 4.78 is 23.2. The number of para-hydroxylation sites is 2. The van der Waals surface area contributed by atoms with Gasteiger partial charge in [0.2, 0.25) is 0 Å². The van der Waals surface area contributed by atoms with Gasteiger partial charge in [-0.05, 0) is 93.0 Å². The van der Waals surface area contributed by atoms with E-state index in [0.717, 1.165) is 94.2 Å². The molecule has 14 rings (SSSR count). The van der Waals surface area contributed by atoms with Crippen LogP contribution in [0.4, 0.5) is 11.4 Å². The van der Waals surface area contributed by atoms with Crippen molar-refractivity contribution in [3.63, 3.8) is 0 Å². The molecule has 0 amide bonds. The van der Waals surface area contributed by atoms with Gasteiger partial charge in [0.05, 0.1) is 17.3 Å². The van der Waals surface area contributed by atoms with Crippen molar-refractivity contribution in [1.82, 2.24) is 4.57 Å². The molecule has 306 valence electrons. The van der Waals surface area contributed by atoms with E-state index in [9.17, 15) is 0 Å². The SMILES string of the molecule is CC(C)(C)c1ccc(N2B3c4cc5occ(-c6ccccc6)c5cc4-n4c5ccc(C(C)(C)C)cc5c5c6c(oc7ccccc76)c(c3c54)-c3cc4c(cc32)oc2ccccc24)cc1. The minimum Gasteiger partial charge on any atom is -0.464 e. The minimum atomic E-state index is -0.256. The molecule has 64 heavy (non-hydrogen) atoms. The van der Waals surface area contributed by atoms with Gasteiger partial charge in [0, 0.05) is 77.5 Å². The van der Waals surface area contributed by atoms with Crippen molar-refractivity contribution in [2.75, 3.05) is 4.81 Å². The topological polar surface area (TPSA) is 47.6 Å². The maximum absolute atomic E-state index is 7.26. The molecule has 4 aromatic heterocycles.